The minimum absolute atomic E-state index is 0.0728. The van der Waals surface area contributed by atoms with Gasteiger partial charge in [-0.25, -0.2) is 0 Å². The molecule has 1 N–H and O–H groups in total. The van der Waals surface area contributed by atoms with Crippen LogP contribution in [0.5, 0.6) is 5.75 Å². The van der Waals surface area contributed by atoms with Crippen LogP contribution in [-0.2, 0) is 10.2 Å². The van der Waals surface area contributed by atoms with Crippen LogP contribution < -0.4 is 10.1 Å². The van der Waals surface area contributed by atoms with Gasteiger partial charge in [0.25, 0.3) is 0 Å². The van der Waals surface area contributed by atoms with Crippen molar-refractivity contribution in [2.75, 3.05) is 17.7 Å². The molecule has 7 heteroatoms. The van der Waals surface area contributed by atoms with E-state index in [1.165, 1.54) is 17.3 Å². The smallest absolute Gasteiger partial charge is 0.234 e. The average Bonchev–Trinajstić information content (AvgIpc) is 3.28. The number of nitrogens with one attached hydrogen (secondary N) is 1. The Balaban J connectivity index is 1.54. The summed E-state index contributed by atoms with van der Waals surface area (Å²) in [7, 11) is 0. The van der Waals surface area contributed by atoms with E-state index in [9.17, 15) is 4.79 Å². The van der Waals surface area contributed by atoms with E-state index in [2.05, 4.69) is 60.6 Å². The molecule has 0 radical (unpaired) electrons. The van der Waals surface area contributed by atoms with Gasteiger partial charge in [0.15, 0.2) is 11.0 Å². The summed E-state index contributed by atoms with van der Waals surface area (Å²) in [5.41, 5.74) is 3.97. The predicted molar refractivity (Wildman–Crippen MR) is 142 cm³/mol. The molecule has 0 bridgehead atoms. The summed E-state index contributed by atoms with van der Waals surface area (Å²) in [4.78, 5) is 12.6. The number of thioether (sulfide) groups is 1. The molecule has 0 aliphatic rings. The van der Waals surface area contributed by atoms with Gasteiger partial charge in [-0.05, 0) is 54.3 Å². The number of carbonyl (C=O) groups excluding carboxylic acids is 1. The fraction of sp³-hybridized carbons (Fsp3) is 0.250. The Morgan fingerprint density at radius 3 is 2.26 bits per heavy atom. The van der Waals surface area contributed by atoms with E-state index in [0.29, 0.717) is 11.8 Å². The Morgan fingerprint density at radius 1 is 0.943 bits per heavy atom. The number of hydrogen-bond acceptors (Lipinski definition) is 5. The Labute approximate surface area is 210 Å². The molecule has 1 aromatic heterocycles. The van der Waals surface area contributed by atoms with Crippen LogP contribution in [0.4, 0.5) is 5.69 Å². The third kappa shape index (κ3) is 6.11. The monoisotopic (exact) mass is 486 g/mol. The van der Waals surface area contributed by atoms with Gasteiger partial charge in [0.1, 0.15) is 5.75 Å². The van der Waals surface area contributed by atoms with Gasteiger partial charge < -0.3 is 10.1 Å². The molecule has 4 rings (SSSR count). The highest BCUT2D eigenvalue weighted by Gasteiger charge is 2.19. The molecule has 0 saturated carbocycles. The fourth-order valence-electron chi connectivity index (χ4n) is 3.61. The maximum absolute atomic E-state index is 12.6. The average molecular weight is 487 g/mol. The van der Waals surface area contributed by atoms with Crippen LogP contribution in [0.1, 0.15) is 33.3 Å². The summed E-state index contributed by atoms with van der Waals surface area (Å²) in [6.45, 7) is 9.13. The number of anilines is 1. The lowest BCUT2D eigenvalue weighted by Crippen LogP contribution is -2.14. The number of amides is 1. The van der Waals surface area contributed by atoms with Crippen LogP contribution in [0.25, 0.3) is 17.1 Å². The second-order valence-electron chi connectivity index (χ2n) is 9.10. The molecule has 180 valence electrons. The summed E-state index contributed by atoms with van der Waals surface area (Å²) in [5.74, 6) is 1.61. The first-order valence-corrected chi connectivity index (χ1v) is 12.6. The molecule has 0 unspecified atom stereocenters. The molecular weight excluding hydrogens is 456 g/mol. The number of ether oxygens (including phenoxy) is 1. The van der Waals surface area contributed by atoms with Crippen molar-refractivity contribution in [3.05, 3.63) is 84.4 Å². The second-order valence-corrected chi connectivity index (χ2v) is 10.0. The van der Waals surface area contributed by atoms with Crippen LogP contribution in [0.15, 0.2) is 84.0 Å². The lowest BCUT2D eigenvalue weighted by molar-refractivity contribution is -0.113. The Morgan fingerprint density at radius 2 is 1.63 bits per heavy atom. The number of carbonyl (C=O) groups is 1. The van der Waals surface area contributed by atoms with Gasteiger partial charge in [-0.2, -0.15) is 0 Å². The molecule has 4 aromatic rings. The molecule has 0 fully saturated rings. The molecule has 0 aliphatic heterocycles. The Hall–Kier alpha value is -3.58. The normalized spacial score (nSPS) is 11.3. The minimum atomic E-state index is -0.113. The third-order valence-electron chi connectivity index (χ3n) is 5.44. The Bertz CT molecular complexity index is 1260. The topological polar surface area (TPSA) is 69.0 Å². The van der Waals surface area contributed by atoms with Crippen molar-refractivity contribution in [3.8, 4) is 22.8 Å². The van der Waals surface area contributed by atoms with Crippen LogP contribution >= 0.6 is 11.8 Å². The molecular formula is C28H30N4O2S. The van der Waals surface area contributed by atoms with E-state index in [1.807, 2.05) is 66.1 Å². The first-order chi connectivity index (χ1) is 16.8. The number of nitrogens with zero attached hydrogens (tertiary/aromatic N) is 3. The maximum atomic E-state index is 12.6. The number of benzene rings is 3. The van der Waals surface area contributed by atoms with Crippen LogP contribution in [0.2, 0.25) is 0 Å². The van der Waals surface area contributed by atoms with Crippen molar-refractivity contribution in [2.24, 2.45) is 0 Å². The summed E-state index contributed by atoms with van der Waals surface area (Å²) in [6.07, 6.45) is 0. The molecule has 0 atom stereocenters. The van der Waals surface area contributed by atoms with Gasteiger partial charge in [-0.1, -0.05) is 75.0 Å². The lowest BCUT2D eigenvalue weighted by atomic mass is 9.87. The zero-order chi connectivity index (χ0) is 24.8. The molecule has 0 spiro atoms. The molecule has 6 nitrogen and oxygen atoms in total. The van der Waals surface area contributed by atoms with Gasteiger partial charge in [0.2, 0.25) is 5.91 Å². The number of aromatic nitrogens is 3. The summed E-state index contributed by atoms with van der Waals surface area (Å²) in [6, 6.07) is 25.7. The standard InChI is InChI=1S/C28H30N4O2S/c1-5-34-24-17-15-22(16-18-24)29-25(33)19-35-27-31-30-26(32(27)23-9-7-6-8-10-23)20-11-13-21(14-12-20)28(2,3)4/h6-18H,5,19H2,1-4H3,(H,29,33). The SMILES string of the molecule is CCOc1ccc(NC(=O)CSc2nnc(-c3ccc(C(C)(C)C)cc3)n2-c2ccccc2)cc1. The van der Waals surface area contributed by atoms with Crippen molar-refractivity contribution in [2.45, 2.75) is 38.3 Å². The highest BCUT2D eigenvalue weighted by molar-refractivity contribution is 7.99. The summed E-state index contributed by atoms with van der Waals surface area (Å²) in [5, 5.41) is 12.5. The Kier molecular flexibility index (Phi) is 7.56. The highest BCUT2D eigenvalue weighted by Crippen LogP contribution is 2.30. The second kappa shape index (κ2) is 10.8. The third-order valence-corrected chi connectivity index (χ3v) is 6.37. The highest BCUT2D eigenvalue weighted by atomic mass is 32.2. The van der Waals surface area contributed by atoms with Crippen molar-refractivity contribution in [3.63, 3.8) is 0 Å². The van der Waals surface area contributed by atoms with Crippen molar-refractivity contribution in [1.29, 1.82) is 0 Å². The fourth-order valence-corrected chi connectivity index (χ4v) is 4.36. The van der Waals surface area contributed by atoms with E-state index < -0.39 is 0 Å². The van der Waals surface area contributed by atoms with Crippen molar-refractivity contribution >= 4 is 23.4 Å². The van der Waals surface area contributed by atoms with Crippen molar-refractivity contribution < 1.29 is 9.53 Å². The first-order valence-electron chi connectivity index (χ1n) is 11.6. The molecule has 0 aliphatic carbocycles. The van der Waals surface area contributed by atoms with Crippen LogP contribution in [-0.4, -0.2) is 33.0 Å². The van der Waals surface area contributed by atoms with Crippen LogP contribution in [0.3, 0.4) is 0 Å². The maximum Gasteiger partial charge on any atom is 0.234 e. The zero-order valence-corrected chi connectivity index (χ0v) is 21.3. The van der Waals surface area contributed by atoms with E-state index in [0.717, 1.165) is 28.5 Å². The zero-order valence-electron chi connectivity index (χ0n) is 20.5. The van der Waals surface area contributed by atoms with E-state index in [4.69, 9.17) is 4.74 Å². The molecule has 1 amide bonds. The first kappa shape index (κ1) is 24.5. The minimum Gasteiger partial charge on any atom is -0.494 e. The largest absolute Gasteiger partial charge is 0.494 e. The van der Waals surface area contributed by atoms with Gasteiger partial charge in [-0.15, -0.1) is 10.2 Å². The molecule has 3 aromatic carbocycles. The summed E-state index contributed by atoms with van der Waals surface area (Å²) < 4.78 is 7.45. The number of rotatable bonds is 8. The number of hydrogen-bond donors (Lipinski definition) is 1. The van der Waals surface area contributed by atoms with Crippen molar-refractivity contribution in [1.82, 2.24) is 14.8 Å². The molecule has 0 saturated heterocycles. The molecule has 35 heavy (non-hydrogen) atoms. The number of para-hydroxylation sites is 1. The van der Waals surface area contributed by atoms with E-state index >= 15 is 0 Å². The van der Waals surface area contributed by atoms with E-state index in [1.54, 1.807) is 0 Å². The predicted octanol–water partition coefficient (Wildman–Crippen LogP) is 6.36. The van der Waals surface area contributed by atoms with Gasteiger partial charge in [-0.3, -0.25) is 9.36 Å². The quantitative estimate of drug-likeness (QED) is 0.293. The van der Waals surface area contributed by atoms with Crippen LogP contribution in [0, 0.1) is 0 Å². The van der Waals surface area contributed by atoms with E-state index in [-0.39, 0.29) is 17.1 Å². The lowest BCUT2D eigenvalue weighted by Gasteiger charge is -2.19. The van der Waals surface area contributed by atoms with Gasteiger partial charge in [0.05, 0.1) is 12.4 Å². The van der Waals surface area contributed by atoms with Gasteiger partial charge >= 0.3 is 0 Å². The van der Waals surface area contributed by atoms with Gasteiger partial charge in [0, 0.05) is 16.9 Å². The molecule has 1 heterocycles. The summed E-state index contributed by atoms with van der Waals surface area (Å²) >= 11 is 1.36.